The van der Waals surface area contributed by atoms with Crippen molar-refractivity contribution in [3.63, 3.8) is 0 Å². The number of anilines is 2. The largest absolute Gasteiger partial charge is 0.385 e. The standard InChI is InChI=1S/C14H22N2O2/c1-4-14(17)16-13-7-5-6-12(10-13)15-11(2)8-9-18-3/h5-7,10-11,15H,4,8-9H2,1-3H3,(H,16,17). The third kappa shape index (κ3) is 5.19. The van der Waals surface area contributed by atoms with Gasteiger partial charge in [0.15, 0.2) is 0 Å². The molecule has 1 aromatic carbocycles. The zero-order chi connectivity index (χ0) is 13.4. The lowest BCUT2D eigenvalue weighted by atomic mass is 10.2. The van der Waals surface area contributed by atoms with E-state index in [-0.39, 0.29) is 5.91 Å². The fourth-order valence-electron chi connectivity index (χ4n) is 1.59. The van der Waals surface area contributed by atoms with Crippen LogP contribution in [0.15, 0.2) is 24.3 Å². The molecule has 4 nitrogen and oxygen atoms in total. The maximum atomic E-state index is 11.3. The van der Waals surface area contributed by atoms with Crippen molar-refractivity contribution in [2.75, 3.05) is 24.4 Å². The van der Waals surface area contributed by atoms with Crippen LogP contribution in [-0.2, 0) is 9.53 Å². The quantitative estimate of drug-likeness (QED) is 0.782. The molecule has 0 heterocycles. The number of carbonyl (C=O) groups excluding carboxylic acids is 1. The summed E-state index contributed by atoms with van der Waals surface area (Å²) in [5.74, 6) is 0.0274. The van der Waals surface area contributed by atoms with Crippen LogP contribution >= 0.6 is 0 Å². The zero-order valence-corrected chi connectivity index (χ0v) is 11.3. The molecule has 1 rings (SSSR count). The van der Waals surface area contributed by atoms with E-state index in [1.807, 2.05) is 31.2 Å². The molecule has 0 aliphatic heterocycles. The summed E-state index contributed by atoms with van der Waals surface area (Å²) in [7, 11) is 1.70. The number of nitrogens with one attached hydrogen (secondary N) is 2. The molecule has 1 aromatic rings. The lowest BCUT2D eigenvalue weighted by Gasteiger charge is -2.15. The van der Waals surface area contributed by atoms with Gasteiger partial charge in [0.1, 0.15) is 0 Å². The molecular formula is C14H22N2O2. The van der Waals surface area contributed by atoms with Gasteiger partial charge in [0.2, 0.25) is 5.91 Å². The number of benzene rings is 1. The third-order valence-electron chi connectivity index (χ3n) is 2.64. The van der Waals surface area contributed by atoms with E-state index in [0.717, 1.165) is 24.4 Å². The van der Waals surface area contributed by atoms with Crippen molar-refractivity contribution >= 4 is 17.3 Å². The van der Waals surface area contributed by atoms with Gasteiger partial charge in [0.25, 0.3) is 0 Å². The molecule has 4 heteroatoms. The lowest BCUT2D eigenvalue weighted by Crippen LogP contribution is -2.17. The van der Waals surface area contributed by atoms with Crippen LogP contribution in [0.4, 0.5) is 11.4 Å². The number of hydrogen-bond acceptors (Lipinski definition) is 3. The van der Waals surface area contributed by atoms with E-state index >= 15 is 0 Å². The maximum Gasteiger partial charge on any atom is 0.224 e. The Morgan fingerprint density at radius 3 is 2.78 bits per heavy atom. The zero-order valence-electron chi connectivity index (χ0n) is 11.3. The molecule has 0 saturated heterocycles. The first-order chi connectivity index (χ1) is 8.65. The third-order valence-corrected chi connectivity index (χ3v) is 2.64. The van der Waals surface area contributed by atoms with Gasteiger partial charge in [-0.1, -0.05) is 13.0 Å². The van der Waals surface area contributed by atoms with Gasteiger partial charge >= 0.3 is 0 Å². The highest BCUT2D eigenvalue weighted by Gasteiger charge is 2.03. The second kappa shape index (κ2) is 7.71. The first-order valence-corrected chi connectivity index (χ1v) is 6.31. The van der Waals surface area contributed by atoms with E-state index < -0.39 is 0 Å². The van der Waals surface area contributed by atoms with Crippen molar-refractivity contribution in [1.29, 1.82) is 0 Å². The van der Waals surface area contributed by atoms with E-state index in [1.54, 1.807) is 7.11 Å². The molecule has 1 amide bonds. The SMILES string of the molecule is CCC(=O)Nc1cccc(NC(C)CCOC)c1. The molecule has 0 radical (unpaired) electrons. The summed E-state index contributed by atoms with van der Waals surface area (Å²) in [6.45, 7) is 4.68. The van der Waals surface area contributed by atoms with Gasteiger partial charge in [0.05, 0.1) is 0 Å². The molecule has 0 fully saturated rings. The lowest BCUT2D eigenvalue weighted by molar-refractivity contribution is -0.115. The van der Waals surface area contributed by atoms with Crippen molar-refractivity contribution in [1.82, 2.24) is 0 Å². The average Bonchev–Trinajstić information content (AvgIpc) is 2.36. The van der Waals surface area contributed by atoms with Crippen LogP contribution in [0.1, 0.15) is 26.7 Å². The van der Waals surface area contributed by atoms with E-state index in [4.69, 9.17) is 4.74 Å². The Morgan fingerprint density at radius 1 is 1.39 bits per heavy atom. The molecular weight excluding hydrogens is 228 g/mol. The summed E-state index contributed by atoms with van der Waals surface area (Å²) >= 11 is 0. The summed E-state index contributed by atoms with van der Waals surface area (Å²) in [6, 6.07) is 8.08. The van der Waals surface area contributed by atoms with Crippen molar-refractivity contribution in [2.24, 2.45) is 0 Å². The van der Waals surface area contributed by atoms with Gasteiger partial charge in [-0.05, 0) is 31.5 Å². The summed E-state index contributed by atoms with van der Waals surface area (Å²) in [5.41, 5.74) is 1.83. The Balaban J connectivity index is 2.56. The fourth-order valence-corrected chi connectivity index (χ4v) is 1.59. The van der Waals surface area contributed by atoms with Crippen LogP contribution in [0.25, 0.3) is 0 Å². The van der Waals surface area contributed by atoms with Crippen LogP contribution in [-0.4, -0.2) is 25.7 Å². The Kier molecular flexibility index (Phi) is 6.22. The Hall–Kier alpha value is -1.55. The smallest absolute Gasteiger partial charge is 0.224 e. The Bertz CT molecular complexity index is 380. The molecule has 0 saturated carbocycles. The van der Waals surface area contributed by atoms with Crippen LogP contribution in [0, 0.1) is 0 Å². The number of carbonyl (C=O) groups is 1. The molecule has 1 atom stereocenters. The first-order valence-electron chi connectivity index (χ1n) is 6.31. The highest BCUT2D eigenvalue weighted by atomic mass is 16.5. The molecule has 0 aliphatic rings. The van der Waals surface area contributed by atoms with Crippen LogP contribution in [0.3, 0.4) is 0 Å². The van der Waals surface area contributed by atoms with Gasteiger partial charge in [-0.2, -0.15) is 0 Å². The van der Waals surface area contributed by atoms with E-state index in [9.17, 15) is 4.79 Å². The van der Waals surface area contributed by atoms with Crippen LogP contribution < -0.4 is 10.6 Å². The molecule has 0 aromatic heterocycles. The maximum absolute atomic E-state index is 11.3. The fraction of sp³-hybridized carbons (Fsp3) is 0.500. The molecule has 100 valence electrons. The van der Waals surface area contributed by atoms with Gasteiger partial charge < -0.3 is 15.4 Å². The second-order valence-electron chi connectivity index (χ2n) is 4.31. The topological polar surface area (TPSA) is 50.4 Å². The van der Waals surface area contributed by atoms with Crippen molar-refractivity contribution < 1.29 is 9.53 Å². The summed E-state index contributed by atoms with van der Waals surface area (Å²) < 4.78 is 5.04. The highest BCUT2D eigenvalue weighted by Crippen LogP contribution is 2.16. The summed E-state index contributed by atoms with van der Waals surface area (Å²) in [4.78, 5) is 11.3. The number of ether oxygens (including phenoxy) is 1. The minimum absolute atomic E-state index is 0.0274. The van der Waals surface area contributed by atoms with Crippen molar-refractivity contribution in [3.8, 4) is 0 Å². The van der Waals surface area contributed by atoms with Crippen molar-refractivity contribution in [3.05, 3.63) is 24.3 Å². The summed E-state index contributed by atoms with van der Waals surface area (Å²) in [6.07, 6.45) is 1.43. The van der Waals surface area contributed by atoms with Crippen molar-refractivity contribution in [2.45, 2.75) is 32.7 Å². The molecule has 0 bridgehead atoms. The van der Waals surface area contributed by atoms with E-state index in [0.29, 0.717) is 12.5 Å². The molecule has 0 aliphatic carbocycles. The Labute approximate surface area is 109 Å². The number of rotatable bonds is 7. The number of amides is 1. The van der Waals surface area contributed by atoms with E-state index in [2.05, 4.69) is 17.6 Å². The van der Waals surface area contributed by atoms with Crippen LogP contribution in [0.5, 0.6) is 0 Å². The monoisotopic (exact) mass is 250 g/mol. The van der Waals surface area contributed by atoms with Gasteiger partial charge in [-0.25, -0.2) is 0 Å². The molecule has 2 N–H and O–H groups in total. The van der Waals surface area contributed by atoms with E-state index in [1.165, 1.54) is 0 Å². The predicted molar refractivity (Wildman–Crippen MR) is 74.9 cm³/mol. The molecule has 0 spiro atoms. The first kappa shape index (κ1) is 14.5. The second-order valence-corrected chi connectivity index (χ2v) is 4.31. The van der Waals surface area contributed by atoms with Gasteiger partial charge in [-0.15, -0.1) is 0 Å². The van der Waals surface area contributed by atoms with Crippen LogP contribution in [0.2, 0.25) is 0 Å². The average molecular weight is 250 g/mol. The number of methoxy groups -OCH3 is 1. The van der Waals surface area contributed by atoms with Gasteiger partial charge in [0, 0.05) is 37.6 Å². The molecule has 1 unspecified atom stereocenters. The Morgan fingerprint density at radius 2 is 2.11 bits per heavy atom. The minimum atomic E-state index is 0.0274. The minimum Gasteiger partial charge on any atom is -0.385 e. The molecule has 18 heavy (non-hydrogen) atoms. The predicted octanol–water partition coefficient (Wildman–Crippen LogP) is 2.87. The number of hydrogen-bond donors (Lipinski definition) is 2. The van der Waals surface area contributed by atoms with Gasteiger partial charge in [-0.3, -0.25) is 4.79 Å². The normalized spacial score (nSPS) is 11.9. The summed E-state index contributed by atoms with van der Waals surface area (Å²) in [5, 5.41) is 6.22. The highest BCUT2D eigenvalue weighted by molar-refractivity contribution is 5.90.